The summed E-state index contributed by atoms with van der Waals surface area (Å²) in [5.41, 5.74) is 1.07. The van der Waals surface area contributed by atoms with Gasteiger partial charge in [0.1, 0.15) is 11.4 Å². The Bertz CT molecular complexity index is 1040. The number of nitrogens with zero attached hydrogens (tertiary/aromatic N) is 2. The number of aromatic nitrogens is 1. The second kappa shape index (κ2) is 7.69. The van der Waals surface area contributed by atoms with E-state index in [9.17, 15) is 18.8 Å². The molecule has 3 rings (SSSR count). The number of aryl methyl sites for hydroxylation is 1. The van der Waals surface area contributed by atoms with Crippen LogP contribution in [0.5, 0.6) is 0 Å². The normalized spacial score (nSPS) is 15.7. The first kappa shape index (κ1) is 19.4. The van der Waals surface area contributed by atoms with Crippen LogP contribution >= 0.6 is 12.2 Å². The Labute approximate surface area is 165 Å². The molecule has 2 amide bonds. The van der Waals surface area contributed by atoms with Gasteiger partial charge in [0.2, 0.25) is 0 Å². The van der Waals surface area contributed by atoms with E-state index in [1.807, 2.05) is 0 Å². The third kappa shape index (κ3) is 3.67. The SMILES string of the molecule is C=CCN1C(=O)/C(=C/c2cc(C(=O)c3ccc(F)cc3)cn2C)C(=O)NC1=S. The third-order valence-electron chi connectivity index (χ3n) is 4.20. The molecule has 8 heteroatoms. The molecule has 0 atom stereocenters. The molecular weight excluding hydrogens is 381 g/mol. The zero-order chi connectivity index (χ0) is 20.4. The van der Waals surface area contributed by atoms with Crippen LogP contribution < -0.4 is 5.32 Å². The van der Waals surface area contributed by atoms with Gasteiger partial charge in [-0.3, -0.25) is 24.6 Å². The number of thiocarbonyl (C=S) groups is 1. The van der Waals surface area contributed by atoms with Crippen LogP contribution in [0.3, 0.4) is 0 Å². The lowest BCUT2D eigenvalue weighted by Crippen LogP contribution is -2.53. The minimum absolute atomic E-state index is 0.0195. The summed E-state index contributed by atoms with van der Waals surface area (Å²) in [7, 11) is 1.69. The highest BCUT2D eigenvalue weighted by molar-refractivity contribution is 7.80. The first-order valence-corrected chi connectivity index (χ1v) is 8.69. The summed E-state index contributed by atoms with van der Waals surface area (Å²) in [5, 5.41) is 2.48. The number of amides is 2. The lowest BCUT2D eigenvalue weighted by Gasteiger charge is -2.27. The fourth-order valence-electron chi connectivity index (χ4n) is 2.75. The van der Waals surface area contributed by atoms with Gasteiger partial charge in [-0.25, -0.2) is 4.39 Å². The standard InChI is InChI=1S/C20H16FN3O3S/c1-3-8-24-19(27)16(18(26)22-20(24)28)10-15-9-13(11-23(15)2)17(25)12-4-6-14(21)7-5-12/h3-7,9-11H,1,8H2,2H3,(H,22,26,28)/b16-10+. The molecule has 28 heavy (non-hydrogen) atoms. The van der Waals surface area contributed by atoms with Gasteiger partial charge in [-0.1, -0.05) is 6.08 Å². The monoisotopic (exact) mass is 397 g/mol. The second-order valence-corrected chi connectivity index (χ2v) is 6.51. The van der Waals surface area contributed by atoms with Gasteiger partial charge in [0.15, 0.2) is 10.9 Å². The molecule has 0 aliphatic carbocycles. The molecule has 1 aromatic carbocycles. The molecule has 0 spiro atoms. The number of halogens is 1. The van der Waals surface area contributed by atoms with Crippen LogP contribution in [0.1, 0.15) is 21.6 Å². The fraction of sp³-hybridized carbons (Fsp3) is 0.100. The van der Waals surface area contributed by atoms with Crippen molar-refractivity contribution in [2.45, 2.75) is 0 Å². The second-order valence-electron chi connectivity index (χ2n) is 6.12. The highest BCUT2D eigenvalue weighted by atomic mass is 32.1. The van der Waals surface area contributed by atoms with Gasteiger partial charge in [0.05, 0.1) is 0 Å². The Morgan fingerprint density at radius 1 is 1.25 bits per heavy atom. The smallest absolute Gasteiger partial charge is 0.266 e. The number of carbonyl (C=O) groups excluding carboxylic acids is 3. The van der Waals surface area contributed by atoms with Crippen LogP contribution in [0.4, 0.5) is 4.39 Å². The Morgan fingerprint density at radius 2 is 1.93 bits per heavy atom. The molecule has 1 aliphatic rings. The Morgan fingerprint density at radius 3 is 2.57 bits per heavy atom. The molecular formula is C20H16FN3O3S. The first-order chi connectivity index (χ1) is 13.3. The third-order valence-corrected chi connectivity index (χ3v) is 4.52. The van der Waals surface area contributed by atoms with E-state index in [1.165, 1.54) is 41.3 Å². The number of hydrogen-bond donors (Lipinski definition) is 1. The van der Waals surface area contributed by atoms with Crippen molar-refractivity contribution in [3.8, 4) is 0 Å². The zero-order valence-electron chi connectivity index (χ0n) is 14.9. The van der Waals surface area contributed by atoms with Crippen LogP contribution in [0.25, 0.3) is 6.08 Å². The van der Waals surface area contributed by atoms with Gasteiger partial charge in [-0.15, -0.1) is 6.58 Å². The predicted molar refractivity (Wildman–Crippen MR) is 106 cm³/mol. The van der Waals surface area contributed by atoms with Crippen molar-refractivity contribution in [3.63, 3.8) is 0 Å². The van der Waals surface area contributed by atoms with Gasteiger partial charge in [-0.2, -0.15) is 0 Å². The molecule has 0 radical (unpaired) electrons. The molecule has 1 aromatic heterocycles. The van der Waals surface area contributed by atoms with E-state index in [0.717, 1.165) is 0 Å². The van der Waals surface area contributed by atoms with E-state index in [4.69, 9.17) is 12.2 Å². The molecule has 0 unspecified atom stereocenters. The van der Waals surface area contributed by atoms with Crippen molar-refractivity contribution >= 4 is 41.0 Å². The fourth-order valence-corrected chi connectivity index (χ4v) is 3.00. The number of benzene rings is 1. The summed E-state index contributed by atoms with van der Waals surface area (Å²) in [6.07, 6.45) is 4.48. The van der Waals surface area contributed by atoms with Gasteiger partial charge in [0.25, 0.3) is 11.8 Å². The molecule has 2 heterocycles. The number of rotatable bonds is 5. The Hall–Kier alpha value is -3.39. The van der Waals surface area contributed by atoms with Crippen LogP contribution in [-0.2, 0) is 16.6 Å². The quantitative estimate of drug-likeness (QED) is 0.276. The van der Waals surface area contributed by atoms with Crippen LogP contribution in [0.15, 0.2) is 54.8 Å². The van der Waals surface area contributed by atoms with Gasteiger partial charge in [-0.05, 0) is 48.6 Å². The van der Waals surface area contributed by atoms with E-state index < -0.39 is 17.6 Å². The van der Waals surface area contributed by atoms with E-state index in [1.54, 1.807) is 23.9 Å². The van der Waals surface area contributed by atoms with Crippen LogP contribution in [0.2, 0.25) is 0 Å². The van der Waals surface area contributed by atoms with Crippen molar-refractivity contribution in [3.05, 3.63) is 77.4 Å². The largest absolute Gasteiger partial charge is 0.350 e. The van der Waals surface area contributed by atoms with Crippen molar-refractivity contribution in [2.24, 2.45) is 7.05 Å². The maximum Gasteiger partial charge on any atom is 0.266 e. The average Bonchev–Trinajstić information content (AvgIpc) is 3.02. The summed E-state index contributed by atoms with van der Waals surface area (Å²) in [6.45, 7) is 3.74. The Kier molecular flexibility index (Phi) is 5.32. The number of hydrogen-bond acceptors (Lipinski definition) is 4. The highest BCUT2D eigenvalue weighted by Gasteiger charge is 2.32. The Balaban J connectivity index is 1.94. The highest BCUT2D eigenvalue weighted by Crippen LogP contribution is 2.19. The van der Waals surface area contributed by atoms with Gasteiger partial charge in [0, 0.05) is 36.6 Å². The van der Waals surface area contributed by atoms with Crippen LogP contribution in [-0.4, -0.2) is 38.7 Å². The number of ketones is 1. The summed E-state index contributed by atoms with van der Waals surface area (Å²) < 4.78 is 14.7. The average molecular weight is 397 g/mol. The number of carbonyl (C=O) groups is 3. The molecule has 1 N–H and O–H groups in total. The first-order valence-electron chi connectivity index (χ1n) is 8.28. The van der Waals surface area contributed by atoms with E-state index in [2.05, 4.69) is 11.9 Å². The summed E-state index contributed by atoms with van der Waals surface area (Å²) in [5.74, 6) is -1.88. The van der Waals surface area contributed by atoms with Crippen molar-refractivity contribution in [1.82, 2.24) is 14.8 Å². The molecule has 1 aliphatic heterocycles. The predicted octanol–water partition coefficient (Wildman–Crippen LogP) is 2.21. The minimum Gasteiger partial charge on any atom is -0.350 e. The molecule has 6 nitrogen and oxygen atoms in total. The van der Waals surface area contributed by atoms with E-state index in [-0.39, 0.29) is 23.0 Å². The minimum atomic E-state index is -0.608. The molecule has 0 saturated carbocycles. The topological polar surface area (TPSA) is 71.4 Å². The maximum absolute atomic E-state index is 13.1. The molecule has 1 saturated heterocycles. The lowest BCUT2D eigenvalue weighted by molar-refractivity contribution is -0.128. The summed E-state index contributed by atoms with van der Waals surface area (Å²) in [4.78, 5) is 38.6. The van der Waals surface area contributed by atoms with E-state index >= 15 is 0 Å². The number of nitrogens with one attached hydrogen (secondary N) is 1. The van der Waals surface area contributed by atoms with Crippen molar-refractivity contribution < 1.29 is 18.8 Å². The zero-order valence-corrected chi connectivity index (χ0v) is 15.8. The maximum atomic E-state index is 13.1. The molecule has 142 valence electrons. The summed E-state index contributed by atoms with van der Waals surface area (Å²) in [6, 6.07) is 6.77. The van der Waals surface area contributed by atoms with E-state index in [0.29, 0.717) is 16.8 Å². The molecule has 1 fully saturated rings. The summed E-state index contributed by atoms with van der Waals surface area (Å²) >= 11 is 5.01. The van der Waals surface area contributed by atoms with Crippen molar-refractivity contribution in [2.75, 3.05) is 6.54 Å². The van der Waals surface area contributed by atoms with Gasteiger partial charge < -0.3 is 4.57 Å². The molecule has 0 bridgehead atoms. The van der Waals surface area contributed by atoms with Crippen LogP contribution in [0, 0.1) is 5.82 Å². The van der Waals surface area contributed by atoms with Gasteiger partial charge >= 0.3 is 0 Å². The lowest BCUT2D eigenvalue weighted by atomic mass is 10.1. The van der Waals surface area contributed by atoms with Crippen molar-refractivity contribution in [1.29, 1.82) is 0 Å². The molecule has 2 aromatic rings.